The van der Waals surface area contributed by atoms with Gasteiger partial charge in [-0.2, -0.15) is 0 Å². The number of aromatic nitrogens is 2. The Morgan fingerprint density at radius 2 is 1.78 bits per heavy atom. The van der Waals surface area contributed by atoms with Crippen LogP contribution >= 0.6 is 11.3 Å². The summed E-state index contributed by atoms with van der Waals surface area (Å²) in [6, 6.07) is 12.2. The molecule has 8 nitrogen and oxygen atoms in total. The van der Waals surface area contributed by atoms with Crippen LogP contribution in [-0.4, -0.2) is 40.2 Å². The Balaban J connectivity index is 1.40. The molecule has 1 saturated heterocycles. The number of benzene rings is 2. The number of hydrogen-bond acceptors (Lipinski definition) is 6. The quantitative estimate of drug-likeness (QED) is 0.562. The predicted octanol–water partition coefficient (Wildman–Crippen LogP) is 4.70. The van der Waals surface area contributed by atoms with Gasteiger partial charge in [-0.3, -0.25) is 4.79 Å². The fourth-order valence-corrected chi connectivity index (χ4v) is 4.33. The van der Waals surface area contributed by atoms with E-state index in [1.165, 1.54) is 24.3 Å². The first-order valence-electron chi connectivity index (χ1n) is 10.2. The van der Waals surface area contributed by atoms with Crippen LogP contribution < -0.4 is 15.4 Å². The molecule has 2 heterocycles. The standard InChI is InChI=1S/C22H22FN5O3S/c1-2-31-17-11-9-16(10-12-17)25-22(30)28-13-3-4-18(28)20-26-27-21(32-20)19(29)24-15-7-5-14(23)6-8-15/h5-12,18H,2-4,13H2,1H3,(H,24,29)(H,25,30). The molecule has 0 spiro atoms. The van der Waals surface area contributed by atoms with Crippen molar-refractivity contribution in [3.8, 4) is 5.75 Å². The number of urea groups is 1. The largest absolute Gasteiger partial charge is 0.494 e. The molecule has 1 aliphatic heterocycles. The highest BCUT2D eigenvalue weighted by molar-refractivity contribution is 7.13. The zero-order valence-electron chi connectivity index (χ0n) is 17.4. The maximum atomic E-state index is 13.0. The molecule has 0 bridgehead atoms. The number of likely N-dealkylation sites (tertiary alicyclic amines) is 1. The smallest absolute Gasteiger partial charge is 0.322 e. The molecule has 0 radical (unpaired) electrons. The Morgan fingerprint density at radius 3 is 2.50 bits per heavy atom. The van der Waals surface area contributed by atoms with Crippen molar-refractivity contribution < 1.29 is 18.7 Å². The number of nitrogens with zero attached hydrogens (tertiary/aromatic N) is 3. The molecule has 0 aliphatic carbocycles. The Labute approximate surface area is 188 Å². The van der Waals surface area contributed by atoms with Crippen molar-refractivity contribution in [2.24, 2.45) is 0 Å². The van der Waals surface area contributed by atoms with Crippen LogP contribution in [0.25, 0.3) is 0 Å². The van der Waals surface area contributed by atoms with Crippen molar-refractivity contribution in [1.29, 1.82) is 0 Å². The molecule has 1 aliphatic rings. The van der Waals surface area contributed by atoms with E-state index in [1.54, 1.807) is 29.2 Å². The summed E-state index contributed by atoms with van der Waals surface area (Å²) in [5.74, 6) is -0.0698. The van der Waals surface area contributed by atoms with Gasteiger partial charge in [0.2, 0.25) is 5.01 Å². The van der Waals surface area contributed by atoms with Gasteiger partial charge in [0.05, 0.1) is 12.6 Å². The van der Waals surface area contributed by atoms with Crippen molar-refractivity contribution in [2.75, 3.05) is 23.8 Å². The van der Waals surface area contributed by atoms with E-state index in [4.69, 9.17) is 4.74 Å². The van der Waals surface area contributed by atoms with Crippen LogP contribution in [0.1, 0.15) is 40.6 Å². The zero-order chi connectivity index (χ0) is 22.5. The Kier molecular flexibility index (Phi) is 6.60. The molecule has 2 aromatic carbocycles. The van der Waals surface area contributed by atoms with Crippen LogP contribution in [0.5, 0.6) is 5.75 Å². The number of halogens is 1. The lowest BCUT2D eigenvalue weighted by molar-refractivity contribution is 0.102. The van der Waals surface area contributed by atoms with Crippen molar-refractivity contribution in [3.63, 3.8) is 0 Å². The molecule has 2 N–H and O–H groups in total. The predicted molar refractivity (Wildman–Crippen MR) is 120 cm³/mol. The van der Waals surface area contributed by atoms with Crippen molar-refractivity contribution in [3.05, 3.63) is 64.4 Å². The third-order valence-corrected chi connectivity index (χ3v) is 5.98. The average molecular weight is 456 g/mol. The van der Waals surface area contributed by atoms with Crippen LogP contribution in [-0.2, 0) is 0 Å². The topological polar surface area (TPSA) is 96.4 Å². The minimum Gasteiger partial charge on any atom is -0.494 e. The van der Waals surface area contributed by atoms with Crippen molar-refractivity contribution in [2.45, 2.75) is 25.8 Å². The van der Waals surface area contributed by atoms with Gasteiger partial charge in [-0.05, 0) is 68.3 Å². The van der Waals surface area contributed by atoms with Crippen LogP contribution in [0.2, 0.25) is 0 Å². The summed E-state index contributed by atoms with van der Waals surface area (Å²) in [6.45, 7) is 3.08. The second kappa shape index (κ2) is 9.73. The van der Waals surface area contributed by atoms with Crippen molar-refractivity contribution in [1.82, 2.24) is 15.1 Å². The van der Waals surface area contributed by atoms with Crippen LogP contribution in [0.3, 0.4) is 0 Å². The Bertz CT molecular complexity index is 1090. The van der Waals surface area contributed by atoms with Crippen molar-refractivity contribution >= 4 is 34.6 Å². The number of carbonyl (C=O) groups is 2. The number of ether oxygens (including phenoxy) is 1. The van der Waals surface area contributed by atoms with Crippen LogP contribution in [0.4, 0.5) is 20.6 Å². The van der Waals surface area contributed by atoms with Gasteiger partial charge in [-0.25, -0.2) is 9.18 Å². The van der Waals surface area contributed by atoms with Crippen LogP contribution in [0.15, 0.2) is 48.5 Å². The molecule has 1 fully saturated rings. The average Bonchev–Trinajstić information content (AvgIpc) is 3.46. The highest BCUT2D eigenvalue weighted by Gasteiger charge is 2.33. The monoisotopic (exact) mass is 455 g/mol. The number of anilines is 2. The summed E-state index contributed by atoms with van der Waals surface area (Å²) in [4.78, 5) is 27.0. The van der Waals surface area contributed by atoms with Gasteiger partial charge in [0, 0.05) is 17.9 Å². The van der Waals surface area contributed by atoms with Crippen LogP contribution in [0, 0.1) is 5.82 Å². The zero-order valence-corrected chi connectivity index (χ0v) is 18.2. The number of rotatable bonds is 6. The molecule has 166 valence electrons. The molecule has 32 heavy (non-hydrogen) atoms. The van der Waals surface area contributed by atoms with Gasteiger partial charge in [0.25, 0.3) is 5.91 Å². The summed E-state index contributed by atoms with van der Waals surface area (Å²) in [6.07, 6.45) is 1.57. The first-order valence-corrected chi connectivity index (χ1v) is 11.1. The Morgan fingerprint density at radius 1 is 1.09 bits per heavy atom. The number of hydrogen-bond donors (Lipinski definition) is 2. The molecular formula is C22H22FN5O3S. The first kappa shape index (κ1) is 21.7. The maximum absolute atomic E-state index is 13.0. The lowest BCUT2D eigenvalue weighted by Gasteiger charge is -2.23. The van der Waals surface area contributed by atoms with E-state index >= 15 is 0 Å². The highest BCUT2D eigenvalue weighted by Crippen LogP contribution is 2.34. The van der Waals surface area contributed by atoms with E-state index in [0.29, 0.717) is 29.5 Å². The van der Waals surface area contributed by atoms with E-state index in [9.17, 15) is 14.0 Å². The summed E-state index contributed by atoms with van der Waals surface area (Å²) in [5, 5.41) is 14.5. The molecule has 10 heteroatoms. The van der Waals surface area contributed by atoms with Gasteiger partial charge in [0.1, 0.15) is 16.6 Å². The first-order chi connectivity index (χ1) is 15.5. The van der Waals surface area contributed by atoms with E-state index in [-0.39, 0.29) is 22.9 Å². The maximum Gasteiger partial charge on any atom is 0.322 e. The molecule has 0 saturated carbocycles. The SMILES string of the molecule is CCOc1ccc(NC(=O)N2CCCC2c2nnc(C(=O)Nc3ccc(F)cc3)s2)cc1. The van der Waals surface area contributed by atoms with Gasteiger partial charge in [-0.1, -0.05) is 11.3 Å². The van der Waals surface area contributed by atoms with Gasteiger partial charge < -0.3 is 20.3 Å². The molecule has 3 amide bonds. The molecular weight excluding hydrogens is 433 g/mol. The third-order valence-electron chi connectivity index (χ3n) is 4.95. The molecule has 3 aromatic rings. The lowest BCUT2D eigenvalue weighted by Crippen LogP contribution is -2.34. The van der Waals surface area contributed by atoms with E-state index in [1.807, 2.05) is 6.92 Å². The summed E-state index contributed by atoms with van der Waals surface area (Å²) in [5.41, 5.74) is 1.13. The summed E-state index contributed by atoms with van der Waals surface area (Å²) >= 11 is 1.15. The number of amides is 3. The van der Waals surface area contributed by atoms with E-state index in [0.717, 1.165) is 29.9 Å². The molecule has 1 atom stereocenters. The van der Waals surface area contributed by atoms with Gasteiger partial charge >= 0.3 is 6.03 Å². The Hall–Kier alpha value is -3.53. The van der Waals surface area contributed by atoms with E-state index in [2.05, 4.69) is 20.8 Å². The summed E-state index contributed by atoms with van der Waals surface area (Å²) in [7, 11) is 0. The summed E-state index contributed by atoms with van der Waals surface area (Å²) < 4.78 is 18.5. The van der Waals surface area contributed by atoms with E-state index < -0.39 is 5.91 Å². The minimum atomic E-state index is -0.427. The lowest BCUT2D eigenvalue weighted by atomic mass is 10.2. The molecule has 1 unspecified atom stereocenters. The second-order valence-electron chi connectivity index (χ2n) is 7.15. The fraction of sp³-hybridized carbons (Fsp3) is 0.273. The number of nitrogens with one attached hydrogen (secondary N) is 2. The molecule has 4 rings (SSSR count). The number of carbonyl (C=O) groups excluding carboxylic acids is 2. The van der Waals surface area contributed by atoms with Gasteiger partial charge in [0.15, 0.2) is 0 Å². The molecule has 1 aromatic heterocycles. The highest BCUT2D eigenvalue weighted by atomic mass is 32.1. The normalized spacial score (nSPS) is 15.4. The third kappa shape index (κ3) is 5.02. The fourth-order valence-electron chi connectivity index (χ4n) is 3.44. The minimum absolute atomic E-state index is 0.183. The second-order valence-corrected chi connectivity index (χ2v) is 8.15. The van der Waals surface area contributed by atoms with Gasteiger partial charge in [-0.15, -0.1) is 10.2 Å².